The van der Waals surface area contributed by atoms with Crippen molar-refractivity contribution in [2.45, 2.75) is 0 Å². The third-order valence-corrected chi connectivity index (χ3v) is 2.25. The van der Waals surface area contributed by atoms with E-state index in [4.69, 9.17) is 16.0 Å². The van der Waals surface area contributed by atoms with Crippen molar-refractivity contribution in [3.8, 4) is 11.6 Å². The number of hydrogen-bond acceptors (Lipinski definition) is 3. The Hall–Kier alpha value is -1.81. The highest BCUT2D eigenvalue weighted by Crippen LogP contribution is 2.23. The van der Waals surface area contributed by atoms with Crippen molar-refractivity contribution in [1.29, 1.82) is 0 Å². The third-order valence-electron chi connectivity index (χ3n) is 2.06. The van der Waals surface area contributed by atoms with E-state index in [-0.39, 0.29) is 0 Å². The molecule has 0 aliphatic carbocycles. The number of para-hydroxylation sites is 2. The summed E-state index contributed by atoms with van der Waals surface area (Å²) in [6.45, 7) is 0. The number of rotatable bonds is 1. The van der Waals surface area contributed by atoms with Gasteiger partial charge in [-0.25, -0.2) is 4.98 Å². The van der Waals surface area contributed by atoms with E-state index >= 15 is 0 Å². The molecule has 0 aliphatic heterocycles. The van der Waals surface area contributed by atoms with Crippen LogP contribution in [0.5, 0.6) is 0 Å². The predicted octanol–water partition coefficient (Wildman–Crippen LogP) is 2.87. The number of aromatic amines is 1. The van der Waals surface area contributed by atoms with Gasteiger partial charge in [0, 0.05) is 6.07 Å². The fourth-order valence-corrected chi connectivity index (χ4v) is 1.54. The zero-order valence-electron chi connectivity index (χ0n) is 7.57. The molecule has 0 saturated carbocycles. The van der Waals surface area contributed by atoms with E-state index in [0.29, 0.717) is 16.7 Å². The Balaban J connectivity index is 2.19. The van der Waals surface area contributed by atoms with Gasteiger partial charge in [-0.05, 0) is 12.1 Å². The third kappa shape index (κ3) is 1.39. The lowest BCUT2D eigenvalue weighted by Gasteiger charge is -1.83. The molecule has 74 valence electrons. The molecule has 0 saturated heterocycles. The molecule has 3 aromatic rings. The summed E-state index contributed by atoms with van der Waals surface area (Å²) in [5.74, 6) is 0.472. The lowest BCUT2D eigenvalue weighted by molar-refractivity contribution is 0.616. The van der Waals surface area contributed by atoms with Crippen molar-refractivity contribution in [1.82, 2.24) is 15.2 Å². The Bertz CT molecular complexity index is 581. The van der Waals surface area contributed by atoms with Crippen LogP contribution in [-0.2, 0) is 0 Å². The second-order valence-electron chi connectivity index (χ2n) is 3.09. The van der Waals surface area contributed by atoms with E-state index in [0.717, 1.165) is 11.1 Å². The minimum Gasteiger partial charge on any atom is -0.435 e. The van der Waals surface area contributed by atoms with Gasteiger partial charge in [0.2, 0.25) is 5.89 Å². The Labute approximate surface area is 89.9 Å². The number of benzene rings is 1. The first-order chi connectivity index (χ1) is 7.33. The summed E-state index contributed by atoms with van der Waals surface area (Å²) in [5, 5.41) is 7.06. The highest BCUT2D eigenvalue weighted by atomic mass is 35.5. The fraction of sp³-hybridized carbons (Fsp3) is 0. The van der Waals surface area contributed by atoms with Crippen molar-refractivity contribution in [2.75, 3.05) is 0 Å². The van der Waals surface area contributed by atoms with Crippen molar-refractivity contribution in [3.05, 3.63) is 35.5 Å². The van der Waals surface area contributed by atoms with E-state index in [1.54, 1.807) is 6.07 Å². The van der Waals surface area contributed by atoms with Gasteiger partial charge in [0.1, 0.15) is 16.4 Å². The van der Waals surface area contributed by atoms with Gasteiger partial charge in [-0.2, -0.15) is 5.10 Å². The summed E-state index contributed by atoms with van der Waals surface area (Å²) in [6.07, 6.45) is 0. The van der Waals surface area contributed by atoms with E-state index in [2.05, 4.69) is 15.2 Å². The molecule has 0 radical (unpaired) electrons. The molecule has 0 spiro atoms. The number of nitrogens with zero attached hydrogens (tertiary/aromatic N) is 2. The first kappa shape index (κ1) is 8.49. The smallest absolute Gasteiger partial charge is 0.248 e. The second-order valence-corrected chi connectivity index (χ2v) is 3.50. The first-order valence-corrected chi connectivity index (χ1v) is 4.77. The van der Waals surface area contributed by atoms with Crippen LogP contribution in [0.1, 0.15) is 0 Å². The molecule has 0 bridgehead atoms. The van der Waals surface area contributed by atoms with Gasteiger partial charge in [-0.15, -0.1) is 0 Å². The number of halogens is 1. The van der Waals surface area contributed by atoms with Gasteiger partial charge in [0.05, 0.1) is 0 Å². The van der Waals surface area contributed by atoms with E-state index < -0.39 is 0 Å². The van der Waals surface area contributed by atoms with Crippen LogP contribution in [0.25, 0.3) is 22.7 Å². The molecule has 0 aliphatic rings. The fourth-order valence-electron chi connectivity index (χ4n) is 1.39. The predicted molar refractivity (Wildman–Crippen MR) is 56.6 cm³/mol. The number of aromatic nitrogens is 3. The Morgan fingerprint density at radius 2 is 2.13 bits per heavy atom. The molecule has 1 N–H and O–H groups in total. The summed E-state index contributed by atoms with van der Waals surface area (Å²) in [4.78, 5) is 4.29. The molecule has 4 nitrogen and oxygen atoms in total. The average molecular weight is 220 g/mol. The number of nitrogens with one attached hydrogen (secondary N) is 1. The Morgan fingerprint density at radius 1 is 1.27 bits per heavy atom. The minimum absolute atomic E-state index is 0.465. The molecule has 15 heavy (non-hydrogen) atoms. The summed E-state index contributed by atoms with van der Waals surface area (Å²) in [6, 6.07) is 9.23. The number of fused-ring (bicyclic) bond motifs is 1. The first-order valence-electron chi connectivity index (χ1n) is 4.40. The van der Waals surface area contributed by atoms with Crippen LogP contribution < -0.4 is 0 Å². The zero-order chi connectivity index (χ0) is 10.3. The van der Waals surface area contributed by atoms with Crippen LogP contribution in [0.3, 0.4) is 0 Å². The van der Waals surface area contributed by atoms with E-state index in [1.165, 1.54) is 0 Å². The van der Waals surface area contributed by atoms with Crippen LogP contribution in [0, 0.1) is 0 Å². The van der Waals surface area contributed by atoms with Gasteiger partial charge in [-0.1, -0.05) is 23.7 Å². The molecular weight excluding hydrogens is 214 g/mol. The maximum absolute atomic E-state index is 5.72. The van der Waals surface area contributed by atoms with Crippen LogP contribution in [0.4, 0.5) is 0 Å². The van der Waals surface area contributed by atoms with Crippen LogP contribution in [0.15, 0.2) is 34.7 Å². The van der Waals surface area contributed by atoms with Crippen LogP contribution >= 0.6 is 11.6 Å². The van der Waals surface area contributed by atoms with Gasteiger partial charge in [0.15, 0.2) is 5.58 Å². The van der Waals surface area contributed by atoms with Crippen molar-refractivity contribution < 1.29 is 4.42 Å². The van der Waals surface area contributed by atoms with Gasteiger partial charge in [-0.3, -0.25) is 5.10 Å². The molecule has 0 amide bonds. The standard InChI is InChI=1S/C10H6ClN3O/c11-9-5-7(13-14-9)10-12-6-3-1-2-4-8(6)15-10/h1-5H,(H,13,14). The summed E-state index contributed by atoms with van der Waals surface area (Å²) in [5.41, 5.74) is 2.16. The summed E-state index contributed by atoms with van der Waals surface area (Å²) in [7, 11) is 0. The monoisotopic (exact) mass is 219 g/mol. The quantitative estimate of drug-likeness (QED) is 0.685. The topological polar surface area (TPSA) is 54.7 Å². The zero-order valence-corrected chi connectivity index (χ0v) is 8.32. The van der Waals surface area contributed by atoms with Crippen molar-refractivity contribution in [2.24, 2.45) is 0 Å². The second kappa shape index (κ2) is 3.10. The normalized spacial score (nSPS) is 11.0. The largest absolute Gasteiger partial charge is 0.435 e. The maximum atomic E-state index is 5.72. The molecule has 0 atom stereocenters. The Kier molecular flexibility index (Phi) is 1.76. The van der Waals surface area contributed by atoms with Gasteiger partial charge in [0.25, 0.3) is 0 Å². The maximum Gasteiger partial charge on any atom is 0.248 e. The molecule has 2 aromatic heterocycles. The van der Waals surface area contributed by atoms with Gasteiger partial charge >= 0.3 is 0 Å². The van der Waals surface area contributed by atoms with Crippen LogP contribution in [-0.4, -0.2) is 15.2 Å². The van der Waals surface area contributed by atoms with Gasteiger partial charge < -0.3 is 4.42 Å². The van der Waals surface area contributed by atoms with Crippen LogP contribution in [0.2, 0.25) is 5.15 Å². The molecule has 3 rings (SSSR count). The summed E-state index contributed by atoms with van der Waals surface area (Å²) >= 11 is 5.72. The number of hydrogen-bond donors (Lipinski definition) is 1. The number of oxazole rings is 1. The molecule has 5 heteroatoms. The molecular formula is C10H6ClN3O. The lowest BCUT2D eigenvalue weighted by atomic mass is 10.3. The highest BCUT2D eigenvalue weighted by molar-refractivity contribution is 6.29. The molecule has 0 unspecified atom stereocenters. The molecule has 1 aromatic carbocycles. The summed E-state index contributed by atoms with van der Waals surface area (Å²) < 4.78 is 5.52. The number of H-pyrrole nitrogens is 1. The molecule has 0 fully saturated rings. The molecule has 2 heterocycles. The van der Waals surface area contributed by atoms with Crippen molar-refractivity contribution >= 4 is 22.7 Å². The average Bonchev–Trinajstić information content (AvgIpc) is 2.82. The van der Waals surface area contributed by atoms with E-state index in [1.807, 2.05) is 24.3 Å². The van der Waals surface area contributed by atoms with Crippen molar-refractivity contribution in [3.63, 3.8) is 0 Å². The highest BCUT2D eigenvalue weighted by Gasteiger charge is 2.10. The van der Waals surface area contributed by atoms with E-state index in [9.17, 15) is 0 Å². The SMILES string of the molecule is Clc1cc(-c2nc3ccccc3o2)n[nH]1. The minimum atomic E-state index is 0.465. The lowest BCUT2D eigenvalue weighted by Crippen LogP contribution is -1.75. The Morgan fingerprint density at radius 3 is 2.87 bits per heavy atom.